The second-order valence-corrected chi connectivity index (χ2v) is 10.1. The van der Waals surface area contributed by atoms with E-state index in [1.54, 1.807) is 13.8 Å². The van der Waals surface area contributed by atoms with E-state index in [2.05, 4.69) is 41.7 Å². The molecule has 0 bridgehead atoms. The van der Waals surface area contributed by atoms with Crippen molar-refractivity contribution in [3.63, 3.8) is 0 Å². The lowest BCUT2D eigenvalue weighted by atomic mass is 9.93. The molecule has 4 rings (SSSR count). The Morgan fingerprint density at radius 2 is 1.70 bits per heavy atom. The van der Waals surface area contributed by atoms with Crippen molar-refractivity contribution in [2.45, 2.75) is 13.8 Å². The van der Waals surface area contributed by atoms with E-state index in [-0.39, 0.29) is 0 Å². The lowest BCUT2D eigenvalue weighted by molar-refractivity contribution is -0.148. The first-order valence-corrected chi connectivity index (χ1v) is 11.4. The predicted molar refractivity (Wildman–Crippen MR) is 124 cm³/mol. The summed E-state index contributed by atoms with van der Waals surface area (Å²) in [6.45, 7) is 7.18. The smallest absolute Gasteiger partial charge is 0.310 e. The minimum absolute atomic E-state index is 0.531. The summed E-state index contributed by atoms with van der Waals surface area (Å²) in [5, 5.41) is 9.43. The highest BCUT2D eigenvalue weighted by Gasteiger charge is 2.32. The van der Waals surface area contributed by atoms with Gasteiger partial charge in [-0.1, -0.05) is 31.9 Å². The zero-order valence-corrected chi connectivity index (χ0v) is 20.0. The van der Waals surface area contributed by atoms with Crippen LogP contribution in [0.4, 0.5) is 5.69 Å². The maximum absolute atomic E-state index is 11.5. The van der Waals surface area contributed by atoms with E-state index in [9.17, 15) is 9.90 Å². The van der Waals surface area contributed by atoms with Crippen LogP contribution in [-0.2, 0) is 4.79 Å². The summed E-state index contributed by atoms with van der Waals surface area (Å²) < 4.78 is 8.10. The number of hydrogen-bond donors (Lipinski definition) is 1. The zero-order valence-electron chi connectivity index (χ0n) is 16.9. The third-order valence-corrected chi connectivity index (χ3v) is 6.41. The molecular formula is C22H23Br2N3O3. The minimum atomic E-state index is -0.767. The Labute approximate surface area is 192 Å². The van der Waals surface area contributed by atoms with Gasteiger partial charge in [0.1, 0.15) is 17.3 Å². The summed E-state index contributed by atoms with van der Waals surface area (Å²) in [5.41, 5.74) is 0.954. The van der Waals surface area contributed by atoms with E-state index >= 15 is 0 Å². The topological polar surface area (TPSA) is 65.4 Å². The molecule has 2 aromatic rings. The van der Waals surface area contributed by atoms with Crippen LogP contribution in [-0.4, -0.2) is 59.4 Å². The number of carboxylic acids is 1. The molecule has 1 fully saturated rings. The minimum Gasteiger partial charge on any atom is -0.481 e. The molecule has 2 aromatic carbocycles. The van der Waals surface area contributed by atoms with Gasteiger partial charge in [0.15, 0.2) is 5.75 Å². The molecule has 30 heavy (non-hydrogen) atoms. The van der Waals surface area contributed by atoms with Gasteiger partial charge >= 0.3 is 5.97 Å². The number of halogens is 2. The molecule has 0 atom stereocenters. The maximum atomic E-state index is 11.5. The van der Waals surface area contributed by atoms with Gasteiger partial charge in [-0.15, -0.1) is 0 Å². The van der Waals surface area contributed by atoms with Crippen molar-refractivity contribution in [1.82, 2.24) is 9.80 Å². The fourth-order valence-electron chi connectivity index (χ4n) is 3.71. The van der Waals surface area contributed by atoms with Crippen molar-refractivity contribution in [3.05, 3.63) is 50.9 Å². The number of carbonyl (C=O) groups is 1. The lowest BCUT2D eigenvalue weighted by Crippen LogP contribution is -2.52. The molecule has 1 N–H and O–H groups in total. The van der Waals surface area contributed by atoms with Gasteiger partial charge in [0.25, 0.3) is 0 Å². The fourth-order valence-corrected chi connectivity index (χ4v) is 4.42. The van der Waals surface area contributed by atoms with Crippen LogP contribution in [0.5, 0.6) is 11.5 Å². The van der Waals surface area contributed by atoms with Crippen LogP contribution in [0.15, 0.2) is 50.3 Å². The maximum Gasteiger partial charge on any atom is 0.310 e. The van der Waals surface area contributed by atoms with Gasteiger partial charge in [-0.25, -0.2) is 4.99 Å². The van der Waals surface area contributed by atoms with Crippen LogP contribution in [0.25, 0.3) is 0 Å². The zero-order chi connectivity index (χ0) is 21.5. The van der Waals surface area contributed by atoms with Gasteiger partial charge in [-0.3, -0.25) is 9.69 Å². The van der Waals surface area contributed by atoms with E-state index in [0.29, 0.717) is 6.54 Å². The van der Waals surface area contributed by atoms with Crippen LogP contribution in [0.1, 0.15) is 19.4 Å². The van der Waals surface area contributed by atoms with Gasteiger partial charge < -0.3 is 14.7 Å². The largest absolute Gasteiger partial charge is 0.481 e. The summed E-state index contributed by atoms with van der Waals surface area (Å²) in [5.74, 6) is 1.60. The monoisotopic (exact) mass is 535 g/mol. The van der Waals surface area contributed by atoms with Crippen LogP contribution in [0, 0.1) is 5.41 Å². The SMILES string of the molecule is CC(C)(CN1CCN(C2=Nc3cc(Br)ccc3Oc3ccc(Br)cc32)CC1)C(=O)O. The molecule has 0 saturated carbocycles. The first-order valence-electron chi connectivity index (χ1n) is 9.80. The predicted octanol–water partition coefficient (Wildman–Crippen LogP) is 5.12. The van der Waals surface area contributed by atoms with E-state index in [1.807, 2.05) is 36.4 Å². The Hall–Kier alpha value is -1.90. The average molecular weight is 537 g/mol. The molecule has 158 valence electrons. The quantitative estimate of drug-likeness (QED) is 0.589. The second kappa shape index (κ2) is 8.32. The Morgan fingerprint density at radius 3 is 2.37 bits per heavy atom. The number of hydrogen-bond acceptors (Lipinski definition) is 5. The summed E-state index contributed by atoms with van der Waals surface area (Å²) >= 11 is 7.10. The first-order chi connectivity index (χ1) is 14.2. The van der Waals surface area contributed by atoms with Crippen molar-refractivity contribution in [3.8, 4) is 11.5 Å². The lowest BCUT2D eigenvalue weighted by Gasteiger charge is -2.39. The fraction of sp³-hybridized carbons (Fsp3) is 0.364. The van der Waals surface area contributed by atoms with Crippen LogP contribution in [0.2, 0.25) is 0 Å². The summed E-state index contributed by atoms with van der Waals surface area (Å²) in [7, 11) is 0. The molecule has 0 aliphatic carbocycles. The number of amidine groups is 1. The Bertz CT molecular complexity index is 1010. The number of ether oxygens (including phenoxy) is 1. The first kappa shape index (κ1) is 21.3. The van der Waals surface area contributed by atoms with Gasteiger partial charge in [0.2, 0.25) is 0 Å². The average Bonchev–Trinajstić information content (AvgIpc) is 2.84. The summed E-state index contributed by atoms with van der Waals surface area (Å²) in [4.78, 5) is 20.9. The molecule has 0 amide bonds. The highest BCUT2D eigenvalue weighted by Crippen LogP contribution is 2.40. The summed E-state index contributed by atoms with van der Waals surface area (Å²) in [6, 6.07) is 11.8. The number of nitrogens with zero attached hydrogens (tertiary/aromatic N) is 3. The number of benzene rings is 2. The second-order valence-electron chi connectivity index (χ2n) is 8.24. The molecule has 0 aromatic heterocycles. The Morgan fingerprint density at radius 1 is 1.07 bits per heavy atom. The molecular weight excluding hydrogens is 514 g/mol. The van der Waals surface area contributed by atoms with Crippen LogP contribution < -0.4 is 4.74 Å². The molecule has 2 heterocycles. The van der Waals surface area contributed by atoms with Crippen LogP contribution in [0.3, 0.4) is 0 Å². The molecule has 8 heteroatoms. The number of aliphatic imine (C=N–C) groups is 1. The standard InChI is InChI=1S/C22H23Br2N3O3/c1-22(2,21(28)29)13-26-7-9-27(10-8-26)20-16-11-14(23)3-5-18(16)30-19-6-4-15(24)12-17(19)25-20/h3-6,11-12H,7-10,13H2,1-2H3,(H,28,29). The number of piperazine rings is 1. The third-order valence-electron chi connectivity index (χ3n) is 5.42. The normalized spacial score (nSPS) is 16.8. The molecule has 2 aliphatic heterocycles. The van der Waals surface area contributed by atoms with E-state index in [4.69, 9.17) is 9.73 Å². The van der Waals surface area contributed by atoms with Crippen molar-refractivity contribution in [2.75, 3.05) is 32.7 Å². The number of aliphatic carboxylic acids is 1. The highest BCUT2D eigenvalue weighted by molar-refractivity contribution is 9.10. The molecule has 0 unspecified atom stereocenters. The van der Waals surface area contributed by atoms with Gasteiger partial charge in [-0.2, -0.15) is 0 Å². The van der Waals surface area contributed by atoms with Crippen LogP contribution >= 0.6 is 31.9 Å². The van der Waals surface area contributed by atoms with Crippen molar-refractivity contribution >= 4 is 49.4 Å². The van der Waals surface area contributed by atoms with E-state index < -0.39 is 11.4 Å². The van der Waals surface area contributed by atoms with Gasteiger partial charge in [-0.05, 0) is 50.2 Å². The molecule has 6 nitrogen and oxygen atoms in total. The molecule has 2 aliphatic rings. The molecule has 1 saturated heterocycles. The number of fused-ring (bicyclic) bond motifs is 2. The third kappa shape index (κ3) is 4.40. The van der Waals surface area contributed by atoms with Gasteiger partial charge in [0, 0.05) is 41.7 Å². The number of carboxylic acid groups (broad SMARTS) is 1. The van der Waals surface area contributed by atoms with E-state index in [1.165, 1.54) is 0 Å². The Balaban J connectivity index is 1.63. The molecule has 0 radical (unpaired) electrons. The van der Waals surface area contributed by atoms with E-state index in [0.717, 1.165) is 63.7 Å². The summed E-state index contributed by atoms with van der Waals surface area (Å²) in [6.07, 6.45) is 0. The number of rotatable bonds is 3. The molecule has 0 spiro atoms. The van der Waals surface area contributed by atoms with Gasteiger partial charge in [0.05, 0.1) is 11.0 Å². The highest BCUT2D eigenvalue weighted by atomic mass is 79.9. The van der Waals surface area contributed by atoms with Crippen molar-refractivity contribution in [1.29, 1.82) is 0 Å². The Kier molecular flexibility index (Phi) is 5.92. The van der Waals surface area contributed by atoms with Crippen molar-refractivity contribution in [2.24, 2.45) is 10.4 Å². The van der Waals surface area contributed by atoms with Crippen molar-refractivity contribution < 1.29 is 14.6 Å².